The molecule has 1 saturated heterocycles. The number of hydrazine groups is 1. The number of carboxylic acid groups (broad SMARTS) is 1. The average Bonchev–Trinajstić information content (AvgIpc) is 2.93. The smallest absolute Gasteiger partial charge is 0.323 e. The number of hydrogen-bond donors (Lipinski definition) is 3. The van der Waals surface area contributed by atoms with E-state index in [2.05, 4.69) is 26.8 Å². The van der Waals surface area contributed by atoms with Crippen LogP contribution in [0, 0.1) is 0 Å². The van der Waals surface area contributed by atoms with Crippen molar-refractivity contribution >= 4 is 27.8 Å². The van der Waals surface area contributed by atoms with E-state index in [-0.39, 0.29) is 36.5 Å². The monoisotopic (exact) mass is 385 g/mol. The fourth-order valence-corrected chi connectivity index (χ4v) is 3.28. The van der Waals surface area contributed by atoms with Crippen molar-refractivity contribution in [1.29, 1.82) is 0 Å². The van der Waals surface area contributed by atoms with E-state index in [0.717, 1.165) is 5.56 Å². The van der Waals surface area contributed by atoms with Gasteiger partial charge in [-0.3, -0.25) is 9.59 Å². The van der Waals surface area contributed by atoms with E-state index in [1.807, 2.05) is 30.3 Å². The molecule has 0 aromatic heterocycles. The van der Waals surface area contributed by atoms with Crippen LogP contribution in [-0.2, 0) is 14.3 Å². The third kappa shape index (κ3) is 4.51. The molecular formula is C15H20BrN3O4. The van der Waals surface area contributed by atoms with Crippen molar-refractivity contribution in [3.05, 3.63) is 35.9 Å². The van der Waals surface area contributed by atoms with E-state index in [0.29, 0.717) is 0 Å². The lowest BCUT2D eigenvalue weighted by atomic mass is 10.0. The van der Waals surface area contributed by atoms with Crippen molar-refractivity contribution in [3.63, 3.8) is 0 Å². The summed E-state index contributed by atoms with van der Waals surface area (Å²) in [5, 5.41) is 8.99. The van der Waals surface area contributed by atoms with Gasteiger partial charge in [-0.25, -0.2) is 10.9 Å². The first-order chi connectivity index (χ1) is 11.0. The first kappa shape index (κ1) is 17.9. The van der Waals surface area contributed by atoms with E-state index in [1.54, 1.807) is 0 Å². The molecule has 3 unspecified atom stereocenters. The molecule has 8 heteroatoms. The topological polar surface area (TPSA) is 90.9 Å². The lowest BCUT2D eigenvalue weighted by Crippen LogP contribution is -2.50. The Morgan fingerprint density at radius 2 is 2.00 bits per heavy atom. The molecule has 1 aliphatic rings. The zero-order valence-electron chi connectivity index (χ0n) is 12.7. The fraction of sp³-hybridized carbons (Fsp3) is 0.467. The van der Waals surface area contributed by atoms with Crippen LogP contribution in [0.5, 0.6) is 0 Å². The van der Waals surface area contributed by atoms with Gasteiger partial charge in [0.2, 0.25) is 5.91 Å². The number of hydrogen-bond acceptors (Lipinski definition) is 5. The van der Waals surface area contributed by atoms with Gasteiger partial charge >= 0.3 is 5.97 Å². The Balaban J connectivity index is 2.07. The van der Waals surface area contributed by atoms with Crippen LogP contribution in [0.15, 0.2) is 30.3 Å². The van der Waals surface area contributed by atoms with Crippen LogP contribution in [0.2, 0.25) is 0 Å². The van der Waals surface area contributed by atoms with E-state index in [4.69, 9.17) is 9.84 Å². The highest BCUT2D eigenvalue weighted by atomic mass is 79.9. The van der Waals surface area contributed by atoms with E-state index in [1.165, 1.54) is 12.0 Å². The summed E-state index contributed by atoms with van der Waals surface area (Å²) < 4.78 is 4.95. The average molecular weight is 386 g/mol. The second-order valence-electron chi connectivity index (χ2n) is 5.25. The molecule has 1 aliphatic heterocycles. The summed E-state index contributed by atoms with van der Waals surface area (Å²) in [6.07, 6.45) is 0. The maximum Gasteiger partial charge on any atom is 0.323 e. The highest BCUT2D eigenvalue weighted by molar-refractivity contribution is 9.09. The maximum absolute atomic E-state index is 12.6. The minimum absolute atomic E-state index is 0.0840. The molecule has 2 rings (SSSR count). The third-order valence-corrected chi connectivity index (χ3v) is 4.72. The lowest BCUT2D eigenvalue weighted by Gasteiger charge is -2.25. The number of carboxylic acids is 1. The molecule has 7 nitrogen and oxygen atoms in total. The van der Waals surface area contributed by atoms with Crippen LogP contribution in [0.3, 0.4) is 0 Å². The molecule has 1 aromatic carbocycles. The van der Waals surface area contributed by atoms with Crippen molar-refractivity contribution < 1.29 is 19.4 Å². The number of carbonyl (C=O) groups excluding carboxylic acids is 1. The van der Waals surface area contributed by atoms with Crippen molar-refractivity contribution in [3.8, 4) is 0 Å². The molecule has 1 aromatic rings. The van der Waals surface area contributed by atoms with Crippen LogP contribution >= 0.6 is 15.9 Å². The van der Waals surface area contributed by atoms with E-state index < -0.39 is 12.0 Å². The summed E-state index contributed by atoms with van der Waals surface area (Å²) in [7, 11) is 1.51. The molecular weight excluding hydrogens is 366 g/mol. The Morgan fingerprint density at radius 3 is 2.61 bits per heavy atom. The van der Waals surface area contributed by atoms with Crippen LogP contribution in [0.4, 0.5) is 0 Å². The van der Waals surface area contributed by atoms with Crippen LogP contribution < -0.4 is 10.9 Å². The summed E-state index contributed by atoms with van der Waals surface area (Å²) in [6.45, 7) is 0.167. The Kier molecular flexibility index (Phi) is 6.52. The fourth-order valence-electron chi connectivity index (χ4n) is 2.49. The number of alkyl halides is 1. The predicted molar refractivity (Wildman–Crippen MR) is 88.0 cm³/mol. The summed E-state index contributed by atoms with van der Waals surface area (Å²) in [6, 6.07) is 9.09. The van der Waals surface area contributed by atoms with Crippen LogP contribution in [0.1, 0.15) is 11.6 Å². The molecule has 1 amide bonds. The summed E-state index contributed by atoms with van der Waals surface area (Å²) in [5.74, 6) is -1.33. The molecule has 0 radical (unpaired) electrons. The summed E-state index contributed by atoms with van der Waals surface area (Å²) in [5.41, 5.74) is 7.10. The number of halogens is 1. The Hall–Kier alpha value is -1.48. The van der Waals surface area contributed by atoms with E-state index >= 15 is 0 Å². The molecule has 3 N–H and O–H groups in total. The van der Waals surface area contributed by atoms with Crippen molar-refractivity contribution in [2.75, 3.05) is 26.8 Å². The van der Waals surface area contributed by atoms with Crippen molar-refractivity contribution in [1.82, 2.24) is 15.8 Å². The SMILES string of the molecule is COCCN(CC(=O)O)C(=O)C1NNC(c2ccccc2)C1Br. The Bertz CT molecular complexity index is 543. The molecule has 126 valence electrons. The molecule has 23 heavy (non-hydrogen) atoms. The van der Waals surface area contributed by atoms with Gasteiger partial charge in [0.1, 0.15) is 12.6 Å². The number of rotatable bonds is 7. The lowest BCUT2D eigenvalue weighted by molar-refractivity contribution is -0.145. The minimum atomic E-state index is -1.05. The zero-order chi connectivity index (χ0) is 16.8. The minimum Gasteiger partial charge on any atom is -0.480 e. The molecule has 0 spiro atoms. The van der Waals surface area contributed by atoms with E-state index in [9.17, 15) is 9.59 Å². The van der Waals surface area contributed by atoms with Crippen molar-refractivity contribution in [2.24, 2.45) is 0 Å². The first-order valence-electron chi connectivity index (χ1n) is 7.24. The van der Waals surface area contributed by atoms with Gasteiger partial charge in [0.05, 0.1) is 17.5 Å². The van der Waals surface area contributed by atoms with Gasteiger partial charge < -0.3 is 14.7 Å². The normalized spacial score (nSPS) is 23.7. The number of nitrogens with one attached hydrogen (secondary N) is 2. The standard InChI is InChI=1S/C15H20BrN3O4/c1-23-8-7-19(9-11(20)21)15(22)14-12(16)13(17-18-14)10-5-3-2-4-6-10/h2-6,12-14,17-18H,7-9H2,1H3,(H,20,21). The number of nitrogens with zero attached hydrogens (tertiary/aromatic N) is 1. The predicted octanol–water partition coefficient (Wildman–Crippen LogP) is 0.527. The number of benzene rings is 1. The third-order valence-electron chi connectivity index (χ3n) is 3.66. The van der Waals surface area contributed by atoms with Crippen LogP contribution in [-0.4, -0.2) is 59.6 Å². The van der Waals surface area contributed by atoms with Gasteiger partial charge in [0.25, 0.3) is 0 Å². The summed E-state index contributed by atoms with van der Waals surface area (Å²) >= 11 is 3.56. The Morgan fingerprint density at radius 1 is 1.30 bits per heavy atom. The molecule has 1 fully saturated rings. The largest absolute Gasteiger partial charge is 0.480 e. The number of amides is 1. The number of carbonyl (C=O) groups is 2. The molecule has 3 atom stereocenters. The second-order valence-corrected chi connectivity index (χ2v) is 6.30. The number of methoxy groups -OCH3 is 1. The van der Waals surface area contributed by atoms with Gasteiger partial charge in [-0.15, -0.1) is 0 Å². The van der Waals surface area contributed by atoms with Gasteiger partial charge in [-0.2, -0.15) is 0 Å². The number of ether oxygens (including phenoxy) is 1. The molecule has 0 bridgehead atoms. The highest BCUT2D eigenvalue weighted by Gasteiger charge is 2.41. The van der Waals surface area contributed by atoms with Gasteiger partial charge in [0, 0.05) is 13.7 Å². The zero-order valence-corrected chi connectivity index (χ0v) is 14.3. The summed E-state index contributed by atoms with van der Waals surface area (Å²) in [4.78, 5) is 24.7. The number of aliphatic carboxylic acids is 1. The van der Waals surface area contributed by atoms with Gasteiger partial charge in [0.15, 0.2) is 0 Å². The van der Waals surface area contributed by atoms with Gasteiger partial charge in [-0.1, -0.05) is 46.3 Å². The Labute approximate surface area is 143 Å². The highest BCUT2D eigenvalue weighted by Crippen LogP contribution is 2.29. The second kappa shape index (κ2) is 8.39. The quantitative estimate of drug-likeness (QED) is 0.593. The van der Waals surface area contributed by atoms with Gasteiger partial charge in [-0.05, 0) is 5.56 Å². The molecule has 0 aliphatic carbocycles. The molecule has 0 saturated carbocycles. The first-order valence-corrected chi connectivity index (χ1v) is 8.15. The maximum atomic E-state index is 12.6. The van der Waals surface area contributed by atoms with Crippen LogP contribution in [0.25, 0.3) is 0 Å². The van der Waals surface area contributed by atoms with Crippen molar-refractivity contribution in [2.45, 2.75) is 16.9 Å². The molecule has 1 heterocycles.